The molecule has 1 heterocycles. The van der Waals surface area contributed by atoms with E-state index in [9.17, 15) is 4.79 Å². The summed E-state index contributed by atoms with van der Waals surface area (Å²) in [4.78, 5) is 14.8. The summed E-state index contributed by atoms with van der Waals surface area (Å²) in [6.45, 7) is 5.69. The third-order valence-corrected chi connectivity index (χ3v) is 6.51. The lowest BCUT2D eigenvalue weighted by Crippen LogP contribution is -2.42. The van der Waals surface area contributed by atoms with E-state index in [1.807, 2.05) is 32.9 Å². The second-order valence-corrected chi connectivity index (χ2v) is 9.96. The zero-order valence-electron chi connectivity index (χ0n) is 22.3. The molecule has 0 fully saturated rings. The summed E-state index contributed by atoms with van der Waals surface area (Å²) in [5, 5.41) is 0. The number of carbonyl (C=O) groups is 1. The van der Waals surface area contributed by atoms with Crippen LogP contribution in [0.15, 0.2) is 30.3 Å². The van der Waals surface area contributed by atoms with Crippen molar-refractivity contribution in [2.75, 3.05) is 35.5 Å². The number of nitrogens with zero attached hydrogens (tertiary/aromatic N) is 1. The maximum Gasteiger partial charge on any atom is 0.306 e. The van der Waals surface area contributed by atoms with Crippen LogP contribution in [0.4, 0.5) is 0 Å². The number of methoxy groups -OCH3 is 4. The average Bonchev–Trinajstić information content (AvgIpc) is 2.82. The van der Waals surface area contributed by atoms with Crippen LogP contribution in [-0.4, -0.2) is 58.0 Å². The molecule has 3 rings (SSSR count). The molecule has 0 N–H and O–H groups in total. The Morgan fingerprint density at radius 1 is 0.914 bits per heavy atom. The maximum absolute atomic E-state index is 12.4. The summed E-state index contributed by atoms with van der Waals surface area (Å²) in [7, 11) is 8.72. The van der Waals surface area contributed by atoms with E-state index in [1.165, 1.54) is 11.1 Å². The van der Waals surface area contributed by atoms with Crippen LogP contribution in [0.3, 0.4) is 0 Å². The highest BCUT2D eigenvalue weighted by atomic mass is 16.6. The molecular weight excluding hydrogens is 446 g/mol. The molecule has 0 aliphatic carbocycles. The second kappa shape index (κ2) is 11.2. The summed E-state index contributed by atoms with van der Waals surface area (Å²) in [5.74, 6) is 2.67. The van der Waals surface area contributed by atoms with Gasteiger partial charge in [0.25, 0.3) is 0 Å². The van der Waals surface area contributed by atoms with Gasteiger partial charge in [0.05, 0.1) is 28.4 Å². The fourth-order valence-corrected chi connectivity index (χ4v) is 4.76. The second-order valence-electron chi connectivity index (χ2n) is 9.96. The Balaban J connectivity index is 1.93. The van der Waals surface area contributed by atoms with E-state index in [1.54, 1.807) is 28.4 Å². The van der Waals surface area contributed by atoms with E-state index in [0.29, 0.717) is 35.8 Å². The number of carbonyl (C=O) groups excluding carboxylic acids is 1. The van der Waals surface area contributed by atoms with Gasteiger partial charge in [-0.3, -0.25) is 9.69 Å². The van der Waals surface area contributed by atoms with Crippen LogP contribution in [0.5, 0.6) is 23.0 Å². The van der Waals surface area contributed by atoms with Crippen molar-refractivity contribution in [3.05, 3.63) is 47.0 Å². The number of benzene rings is 2. The molecule has 7 nitrogen and oxygen atoms in total. The summed E-state index contributed by atoms with van der Waals surface area (Å²) < 4.78 is 27.7. The minimum atomic E-state index is -0.484. The number of rotatable bonds is 9. The van der Waals surface area contributed by atoms with Crippen molar-refractivity contribution in [3.8, 4) is 23.0 Å². The van der Waals surface area contributed by atoms with Gasteiger partial charge >= 0.3 is 5.97 Å². The third-order valence-electron chi connectivity index (χ3n) is 6.51. The van der Waals surface area contributed by atoms with Crippen molar-refractivity contribution in [1.82, 2.24) is 4.90 Å². The van der Waals surface area contributed by atoms with Crippen LogP contribution >= 0.6 is 0 Å². The van der Waals surface area contributed by atoms with E-state index in [2.05, 4.69) is 30.1 Å². The van der Waals surface area contributed by atoms with Gasteiger partial charge in [0.15, 0.2) is 23.0 Å². The van der Waals surface area contributed by atoms with Gasteiger partial charge in [-0.2, -0.15) is 0 Å². The van der Waals surface area contributed by atoms with Crippen molar-refractivity contribution in [2.45, 2.75) is 64.1 Å². The quantitative estimate of drug-likeness (QED) is 0.464. The Bertz CT molecular complexity index is 1030. The highest BCUT2D eigenvalue weighted by Crippen LogP contribution is 2.42. The van der Waals surface area contributed by atoms with E-state index in [0.717, 1.165) is 18.4 Å². The number of hydrogen-bond acceptors (Lipinski definition) is 7. The fourth-order valence-electron chi connectivity index (χ4n) is 4.76. The molecule has 0 saturated carbocycles. The monoisotopic (exact) mass is 485 g/mol. The van der Waals surface area contributed by atoms with E-state index in [-0.39, 0.29) is 18.1 Å². The highest BCUT2D eigenvalue weighted by Gasteiger charge is 2.34. The van der Waals surface area contributed by atoms with E-state index >= 15 is 0 Å². The van der Waals surface area contributed by atoms with Crippen LogP contribution in [-0.2, 0) is 22.4 Å². The molecule has 1 aliphatic rings. The first-order chi connectivity index (χ1) is 16.6. The first kappa shape index (κ1) is 26.7. The Labute approximate surface area is 209 Å². The Morgan fingerprint density at radius 2 is 1.51 bits per heavy atom. The molecule has 0 unspecified atom stereocenters. The fraction of sp³-hybridized carbons (Fsp3) is 0.536. The minimum absolute atomic E-state index is 0.0836. The molecule has 7 heteroatoms. The number of fused-ring (bicyclic) bond motifs is 1. The molecule has 0 aromatic heterocycles. The van der Waals surface area contributed by atoms with Gasteiger partial charge in [-0.15, -0.1) is 0 Å². The number of ether oxygens (including phenoxy) is 5. The topological polar surface area (TPSA) is 66.5 Å². The molecule has 0 spiro atoms. The average molecular weight is 486 g/mol. The molecule has 0 bridgehead atoms. The first-order valence-electron chi connectivity index (χ1n) is 12.0. The number of esters is 1. The molecule has 1 aliphatic heterocycles. The van der Waals surface area contributed by atoms with Crippen molar-refractivity contribution < 1.29 is 28.5 Å². The summed E-state index contributed by atoms with van der Waals surface area (Å²) in [6.07, 6.45) is 2.67. The zero-order chi connectivity index (χ0) is 25.8. The summed E-state index contributed by atoms with van der Waals surface area (Å²) in [5.41, 5.74) is 3.06. The van der Waals surface area contributed by atoms with Crippen LogP contribution in [0.1, 0.15) is 56.3 Å². The Morgan fingerprint density at radius 3 is 2.11 bits per heavy atom. The van der Waals surface area contributed by atoms with Crippen molar-refractivity contribution in [1.29, 1.82) is 0 Å². The van der Waals surface area contributed by atoms with E-state index < -0.39 is 5.60 Å². The molecule has 2 atom stereocenters. The van der Waals surface area contributed by atoms with Crippen molar-refractivity contribution >= 4 is 5.97 Å². The molecule has 0 saturated heterocycles. The highest BCUT2D eigenvalue weighted by molar-refractivity contribution is 5.69. The number of hydrogen-bond donors (Lipinski definition) is 0. The van der Waals surface area contributed by atoms with Gasteiger partial charge in [0.2, 0.25) is 0 Å². The lowest BCUT2D eigenvalue weighted by molar-refractivity contribution is -0.155. The van der Waals surface area contributed by atoms with Gasteiger partial charge in [0, 0.05) is 18.5 Å². The molecule has 2 aromatic carbocycles. The van der Waals surface area contributed by atoms with Crippen LogP contribution < -0.4 is 18.9 Å². The molecular formula is C28H39NO6. The lowest BCUT2D eigenvalue weighted by Gasteiger charge is -2.41. The lowest BCUT2D eigenvalue weighted by atomic mass is 9.84. The van der Waals surface area contributed by atoms with Gasteiger partial charge in [-0.05, 0) is 88.0 Å². The van der Waals surface area contributed by atoms with Crippen LogP contribution in [0, 0.1) is 0 Å². The smallest absolute Gasteiger partial charge is 0.306 e. The van der Waals surface area contributed by atoms with Crippen LogP contribution in [0.2, 0.25) is 0 Å². The Kier molecular flexibility index (Phi) is 8.54. The SMILES string of the molecule is COc1ccc(C[C@@H]2c3cc(OC)c(OC)cc3C[C@@H](CCC(=O)OC(C)(C)C)N2C)cc1OC. The third kappa shape index (κ3) is 6.40. The van der Waals surface area contributed by atoms with Gasteiger partial charge < -0.3 is 23.7 Å². The number of likely N-dealkylation sites (N-methyl/N-ethyl adjacent to an activating group) is 1. The first-order valence-corrected chi connectivity index (χ1v) is 12.0. The minimum Gasteiger partial charge on any atom is -0.493 e. The van der Waals surface area contributed by atoms with Crippen molar-refractivity contribution in [3.63, 3.8) is 0 Å². The summed E-state index contributed by atoms with van der Waals surface area (Å²) in [6, 6.07) is 10.5. The Hall–Kier alpha value is -2.93. The molecule has 2 aromatic rings. The standard InChI is InChI=1S/C28H39NO6/c1-28(2,3)35-27(30)12-10-20-15-19-16-25(33-7)26(34-8)17-21(19)22(29(20)4)13-18-9-11-23(31-5)24(14-18)32-6/h9,11,14,16-17,20,22H,10,12-13,15H2,1-8H3/t20-,22-/m1/s1. The van der Waals surface area contributed by atoms with Crippen molar-refractivity contribution in [2.24, 2.45) is 0 Å². The molecule has 35 heavy (non-hydrogen) atoms. The zero-order valence-corrected chi connectivity index (χ0v) is 22.3. The normalized spacial score (nSPS) is 17.9. The maximum atomic E-state index is 12.4. The predicted molar refractivity (Wildman–Crippen MR) is 136 cm³/mol. The van der Waals surface area contributed by atoms with Crippen LogP contribution in [0.25, 0.3) is 0 Å². The van der Waals surface area contributed by atoms with E-state index in [4.69, 9.17) is 23.7 Å². The predicted octanol–water partition coefficient (Wildman–Crippen LogP) is 4.98. The largest absolute Gasteiger partial charge is 0.493 e. The van der Waals surface area contributed by atoms with Gasteiger partial charge in [-0.25, -0.2) is 0 Å². The summed E-state index contributed by atoms with van der Waals surface area (Å²) >= 11 is 0. The van der Waals surface area contributed by atoms with Gasteiger partial charge in [-0.1, -0.05) is 6.07 Å². The van der Waals surface area contributed by atoms with Gasteiger partial charge in [0.1, 0.15) is 5.60 Å². The molecule has 192 valence electrons. The molecule has 0 radical (unpaired) electrons. The molecule has 0 amide bonds.